The van der Waals surface area contributed by atoms with Crippen LogP contribution in [0.25, 0.3) is 43.4 Å². The lowest BCUT2D eigenvalue weighted by Crippen LogP contribution is -2.57. The van der Waals surface area contributed by atoms with E-state index in [1.165, 1.54) is 11.0 Å². The minimum atomic E-state index is -2.33. The number of thiazole rings is 1. The molecule has 0 radical (unpaired) electrons. The molecule has 95 heavy (non-hydrogen) atoms. The summed E-state index contributed by atoms with van der Waals surface area (Å²) in [5.74, 6) is 1.39. The number of halogens is 2. The van der Waals surface area contributed by atoms with E-state index in [1.807, 2.05) is 95.3 Å². The predicted octanol–water partition coefficient (Wildman–Crippen LogP) is 13.7. The van der Waals surface area contributed by atoms with E-state index in [4.69, 9.17) is 33.7 Å². The summed E-state index contributed by atoms with van der Waals surface area (Å²) >= 11 is 1.58. The fourth-order valence-electron chi connectivity index (χ4n) is 16.3. The number of piperazine rings is 1. The average Bonchev–Trinajstić information content (AvgIpc) is 0.882. The molecular formula is C73H90F2N10O8SSi. The Labute approximate surface area is 560 Å². The normalized spacial score (nSPS) is 22.1. The lowest BCUT2D eigenvalue weighted by molar-refractivity contribution is -0.141. The second kappa shape index (κ2) is 26.8. The summed E-state index contributed by atoms with van der Waals surface area (Å²) in [6.07, 6.45) is 5.29. The first kappa shape index (κ1) is 67.4. The van der Waals surface area contributed by atoms with Gasteiger partial charge in [0.1, 0.15) is 61.7 Å². The Morgan fingerprint density at radius 3 is 2.29 bits per heavy atom. The number of aryl methyl sites for hydroxylation is 1. The molecular weight excluding hydrogens is 1240 g/mol. The van der Waals surface area contributed by atoms with Crippen molar-refractivity contribution in [3.63, 3.8) is 0 Å². The molecule has 5 aliphatic heterocycles. The highest BCUT2D eigenvalue weighted by Gasteiger charge is 2.51. The van der Waals surface area contributed by atoms with Gasteiger partial charge in [0.25, 0.3) is 5.88 Å². The standard InChI is InChI=1S/C73H90F2N10O8SSi/c1-41(2)61(69(88)83-37-53(86)32-58(83)68(87)78-45(9)47-18-20-49(21-19-47)66-46(10)77-40-94-66)59-33-60(81-93-59)90-38-52-26-29-73(28-15-30-84(52)73)39-91-70-79-65-56(67(80-70)82-35-50-23-24-51(36-82)85(50)71(89)92-72(11,12)13)34-76-64(63(65)75)55-17-14-16-48-22-25-57(74)54(62(48)55)27-31-95(42(3)4,43(5)6)44(7)8/h14,16-22,25,33-34,40-45,50-53,58,61,86H,15,23-24,26,28-30,32,35-39H2,1-13H3,(H,78,87)/t45-,50?,51?,52-,53+,58-,61?,73-/m0/s1. The molecule has 5 fully saturated rings. The number of aliphatic hydroxyl groups is 1. The third kappa shape index (κ3) is 13.0. The molecule has 9 heterocycles. The summed E-state index contributed by atoms with van der Waals surface area (Å²) in [6, 6.07) is 16.6. The zero-order valence-corrected chi connectivity index (χ0v) is 58.8. The lowest BCUT2D eigenvalue weighted by Gasteiger charge is -2.42. The molecule has 3 unspecified atom stereocenters. The van der Waals surface area contributed by atoms with Gasteiger partial charge in [0.15, 0.2) is 11.6 Å². The van der Waals surface area contributed by atoms with Gasteiger partial charge in [0, 0.05) is 55.3 Å². The van der Waals surface area contributed by atoms with Crippen LogP contribution in [0.5, 0.6) is 11.9 Å². The number of carbonyl (C=O) groups excluding carboxylic acids is 3. The molecule has 12 rings (SSSR count). The average molecular weight is 1330 g/mol. The first-order valence-electron chi connectivity index (χ1n) is 33.9. The van der Waals surface area contributed by atoms with E-state index in [0.29, 0.717) is 63.0 Å². The van der Waals surface area contributed by atoms with Crippen LogP contribution in [0.15, 0.2) is 76.9 Å². The molecule has 5 saturated heterocycles. The molecule has 0 saturated carbocycles. The van der Waals surface area contributed by atoms with Gasteiger partial charge >= 0.3 is 12.1 Å². The number of nitrogens with zero attached hydrogens (tertiary/aromatic N) is 9. The number of ether oxygens (including phenoxy) is 3. The van der Waals surface area contributed by atoms with Crippen LogP contribution in [0.1, 0.15) is 163 Å². The van der Waals surface area contributed by atoms with Crippen molar-refractivity contribution < 1.29 is 47.0 Å². The zero-order chi connectivity index (χ0) is 67.6. The van der Waals surface area contributed by atoms with E-state index < -0.39 is 48.9 Å². The van der Waals surface area contributed by atoms with Crippen molar-refractivity contribution in [3.05, 3.63) is 107 Å². The Morgan fingerprint density at radius 1 is 0.895 bits per heavy atom. The molecule has 7 aromatic rings. The number of fused-ring (bicyclic) bond motifs is 5. The number of hydrogen-bond donors (Lipinski definition) is 2. The number of aliphatic hydroxyl groups excluding tert-OH is 1. The van der Waals surface area contributed by atoms with Gasteiger partial charge in [-0.05, 0) is 130 Å². The van der Waals surface area contributed by atoms with Gasteiger partial charge in [-0.2, -0.15) is 9.97 Å². The third-order valence-electron chi connectivity index (χ3n) is 20.9. The van der Waals surface area contributed by atoms with E-state index in [-0.39, 0.29) is 103 Å². The van der Waals surface area contributed by atoms with Crippen LogP contribution < -0.4 is 19.7 Å². The largest absolute Gasteiger partial charge is 0.474 e. The monoisotopic (exact) mass is 1330 g/mol. The fourth-order valence-corrected chi connectivity index (χ4v) is 22.3. The molecule has 0 aliphatic carbocycles. The van der Waals surface area contributed by atoms with Gasteiger partial charge in [0.2, 0.25) is 11.8 Å². The van der Waals surface area contributed by atoms with Crippen LogP contribution in [-0.4, -0.2) is 152 Å². The molecule has 8 atom stereocenters. The highest BCUT2D eigenvalue weighted by atomic mass is 32.1. The first-order valence-corrected chi connectivity index (χ1v) is 37.0. The quantitative estimate of drug-likeness (QED) is 0.0606. The SMILES string of the molecule is Cc1ncsc1-c1ccc([C@H](C)NC(=O)[C@@H]2C[C@@H](O)CN2C(=O)C(c2cc(OC[C@@H]3CC[C@]4(COc5nc(N6CC7CCC(C6)N7C(=O)OC(C)(C)C)c6cnc(-c7cccc8ccc(F)c(C#C[Si](C(C)C)(C(C)C)C(C)C)c78)c(F)c6n5)CCCN34)no2)C(C)C)cc1. The maximum atomic E-state index is 18.1. The fraction of sp³-hybridized carbons (Fsp3) is 0.534. The number of hydrogen-bond acceptors (Lipinski definition) is 16. The second-order valence-corrected chi connectivity index (χ2v) is 35.7. The zero-order valence-electron chi connectivity index (χ0n) is 57.0. The molecule has 2 bridgehead atoms. The molecule has 504 valence electrons. The summed E-state index contributed by atoms with van der Waals surface area (Å²) in [4.78, 5) is 70.5. The molecule has 4 aromatic heterocycles. The van der Waals surface area contributed by atoms with E-state index in [1.54, 1.807) is 35.7 Å². The van der Waals surface area contributed by atoms with Crippen molar-refractivity contribution in [3.8, 4) is 45.1 Å². The van der Waals surface area contributed by atoms with Crippen molar-refractivity contribution in [2.75, 3.05) is 44.3 Å². The van der Waals surface area contributed by atoms with Gasteiger partial charge in [-0.1, -0.05) is 110 Å². The maximum Gasteiger partial charge on any atom is 0.410 e. The van der Waals surface area contributed by atoms with Crippen LogP contribution in [0.3, 0.4) is 0 Å². The van der Waals surface area contributed by atoms with E-state index in [0.717, 1.165) is 66.8 Å². The van der Waals surface area contributed by atoms with Gasteiger partial charge in [0.05, 0.1) is 56.8 Å². The Morgan fingerprint density at radius 2 is 1.62 bits per heavy atom. The summed E-state index contributed by atoms with van der Waals surface area (Å²) < 4.78 is 59.6. The van der Waals surface area contributed by atoms with Crippen LogP contribution in [0, 0.1) is 35.9 Å². The van der Waals surface area contributed by atoms with Gasteiger partial charge in [-0.3, -0.25) is 24.4 Å². The Bertz CT molecular complexity index is 4050. The number of β-amino-alcohol motifs (C(OH)–C–C–N with tert-alkyl or cyclic N) is 1. The predicted molar refractivity (Wildman–Crippen MR) is 367 cm³/mol. The minimum Gasteiger partial charge on any atom is -0.474 e. The van der Waals surface area contributed by atoms with E-state index in [2.05, 4.69) is 78.3 Å². The summed E-state index contributed by atoms with van der Waals surface area (Å²) in [7, 11) is -2.33. The second-order valence-electron chi connectivity index (χ2n) is 29.3. The van der Waals surface area contributed by atoms with Gasteiger partial charge < -0.3 is 39.0 Å². The highest BCUT2D eigenvalue weighted by Crippen LogP contribution is 2.46. The number of aromatic nitrogens is 5. The number of anilines is 1. The Kier molecular flexibility index (Phi) is 19.0. The van der Waals surface area contributed by atoms with Crippen LogP contribution >= 0.6 is 11.3 Å². The van der Waals surface area contributed by atoms with Crippen molar-refractivity contribution in [1.82, 2.24) is 45.1 Å². The van der Waals surface area contributed by atoms with Crippen LogP contribution in [0.4, 0.5) is 19.4 Å². The van der Waals surface area contributed by atoms with Crippen LogP contribution in [-0.2, 0) is 14.3 Å². The maximum absolute atomic E-state index is 18.1. The molecule has 2 N–H and O–H groups in total. The molecule has 22 heteroatoms. The topological polar surface area (TPSA) is 202 Å². The molecule has 0 spiro atoms. The van der Waals surface area contributed by atoms with Crippen LogP contribution in [0.2, 0.25) is 16.6 Å². The Balaban J connectivity index is 0.782. The lowest BCUT2D eigenvalue weighted by atomic mass is 9.91. The number of rotatable bonds is 18. The summed E-state index contributed by atoms with van der Waals surface area (Å²) in [6.45, 7) is 28.7. The number of nitrogens with one attached hydrogen (secondary N) is 1. The molecule has 5 aliphatic rings. The smallest absolute Gasteiger partial charge is 0.410 e. The first-order chi connectivity index (χ1) is 45.2. The molecule has 18 nitrogen and oxygen atoms in total. The van der Waals surface area contributed by atoms with E-state index >= 15 is 8.78 Å². The van der Waals surface area contributed by atoms with Crippen molar-refractivity contribution in [2.24, 2.45) is 5.92 Å². The summed E-state index contributed by atoms with van der Waals surface area (Å²) in [5.41, 5.74) is 8.87. The number of amides is 3. The number of pyridine rings is 1. The van der Waals surface area contributed by atoms with Gasteiger partial charge in [-0.15, -0.1) is 16.9 Å². The third-order valence-corrected chi connectivity index (χ3v) is 28.1. The number of likely N-dealkylation sites (tertiary alicyclic amines) is 1. The van der Waals surface area contributed by atoms with E-state index in [9.17, 15) is 19.5 Å². The minimum absolute atomic E-state index is 0.000944. The van der Waals surface area contributed by atoms with Crippen molar-refractivity contribution >= 4 is 64.8 Å². The van der Waals surface area contributed by atoms with Gasteiger partial charge in [-0.25, -0.2) is 18.6 Å². The number of carbonyl (C=O) groups is 3. The molecule has 3 amide bonds. The Hall–Kier alpha value is -7.58. The molecule has 3 aromatic carbocycles. The summed E-state index contributed by atoms with van der Waals surface area (Å²) in [5, 5.41) is 19.9. The number of benzene rings is 3. The van der Waals surface area contributed by atoms with Crippen molar-refractivity contribution in [1.29, 1.82) is 0 Å². The highest BCUT2D eigenvalue weighted by molar-refractivity contribution is 7.13. The van der Waals surface area contributed by atoms with Crippen molar-refractivity contribution in [2.45, 2.75) is 205 Å².